The molecule has 1 N–H and O–H groups in total. The number of nitriles is 1. The molecule has 0 saturated carbocycles. The van der Waals surface area contributed by atoms with E-state index >= 15 is 0 Å². The van der Waals surface area contributed by atoms with Gasteiger partial charge in [-0.2, -0.15) is 5.26 Å². The lowest BCUT2D eigenvalue weighted by molar-refractivity contribution is 0.210. The number of nitrogens with zero attached hydrogens (tertiary/aromatic N) is 2. The number of hydrogen-bond acceptors (Lipinski definition) is 2. The molecule has 1 aliphatic rings. The summed E-state index contributed by atoms with van der Waals surface area (Å²) in [4.78, 5) is 13.9. The van der Waals surface area contributed by atoms with Crippen LogP contribution in [0.25, 0.3) is 0 Å². The average Bonchev–Trinajstić information content (AvgIpc) is 2.60. The molecule has 0 bridgehead atoms. The molecule has 2 amide bonds. The molecule has 1 atom stereocenters. The van der Waals surface area contributed by atoms with Gasteiger partial charge in [0.25, 0.3) is 0 Å². The van der Waals surface area contributed by atoms with E-state index < -0.39 is 5.41 Å². The molecule has 0 fully saturated rings. The first-order valence-corrected chi connectivity index (χ1v) is 8.61. The molecule has 0 radical (unpaired) electrons. The van der Waals surface area contributed by atoms with Crippen LogP contribution in [0.3, 0.4) is 0 Å². The van der Waals surface area contributed by atoms with Gasteiger partial charge >= 0.3 is 6.03 Å². The van der Waals surface area contributed by atoms with Crippen molar-refractivity contribution in [2.45, 2.75) is 39.2 Å². The van der Waals surface area contributed by atoms with Gasteiger partial charge in [0.2, 0.25) is 0 Å². The lowest BCUT2D eigenvalue weighted by Crippen LogP contribution is -2.38. The predicted octanol–water partition coefficient (Wildman–Crippen LogP) is 4.63. The maximum absolute atomic E-state index is 12.1. The molecule has 1 unspecified atom stereocenters. The Labute approximate surface area is 150 Å². The van der Waals surface area contributed by atoms with Gasteiger partial charge in [-0.1, -0.05) is 42.0 Å². The van der Waals surface area contributed by atoms with Gasteiger partial charge < -0.3 is 10.2 Å². The molecular weight excluding hydrogens is 310 g/mol. The van der Waals surface area contributed by atoms with Crippen LogP contribution in [0.1, 0.15) is 37.5 Å². The molecule has 3 rings (SSSR count). The van der Waals surface area contributed by atoms with Crippen LogP contribution in [-0.2, 0) is 18.4 Å². The number of amides is 2. The molecule has 1 heterocycles. The summed E-state index contributed by atoms with van der Waals surface area (Å²) in [6, 6.07) is 16.7. The third-order valence-electron chi connectivity index (χ3n) is 4.91. The molecule has 4 heteroatoms. The van der Waals surface area contributed by atoms with Crippen LogP contribution in [0.4, 0.5) is 10.5 Å². The van der Waals surface area contributed by atoms with Crippen LogP contribution in [0.15, 0.2) is 42.5 Å². The van der Waals surface area contributed by atoms with Gasteiger partial charge in [0.05, 0.1) is 11.5 Å². The minimum atomic E-state index is -0.643. The molecule has 0 saturated heterocycles. The molecule has 0 aromatic heterocycles. The van der Waals surface area contributed by atoms with E-state index in [0.29, 0.717) is 19.5 Å². The third kappa shape index (κ3) is 3.36. The van der Waals surface area contributed by atoms with E-state index in [0.717, 1.165) is 22.4 Å². The SMILES string of the molecule is CCN1Cc2ccc(C(C)(C#N)Cc3cccc(C)c3)cc2NC1=O.[HH]. The van der Waals surface area contributed by atoms with Crippen molar-refractivity contribution in [3.05, 3.63) is 64.7 Å². The van der Waals surface area contributed by atoms with Gasteiger partial charge in [-0.05, 0) is 49.9 Å². The fraction of sp³-hybridized carbons (Fsp3) is 0.333. The Morgan fingerprint density at radius 2 is 2.12 bits per heavy atom. The predicted molar refractivity (Wildman–Crippen MR) is 102 cm³/mol. The normalized spacial score (nSPS) is 15.8. The topological polar surface area (TPSA) is 56.1 Å². The number of hydrogen-bond donors (Lipinski definition) is 1. The van der Waals surface area contributed by atoms with Gasteiger partial charge in [-0.15, -0.1) is 0 Å². The molecule has 0 spiro atoms. The van der Waals surface area contributed by atoms with E-state index in [-0.39, 0.29) is 7.46 Å². The van der Waals surface area contributed by atoms with Crippen LogP contribution >= 0.6 is 0 Å². The van der Waals surface area contributed by atoms with Crippen LogP contribution in [0.5, 0.6) is 0 Å². The second-order valence-electron chi connectivity index (χ2n) is 6.93. The highest BCUT2D eigenvalue weighted by Gasteiger charge is 2.29. The number of urea groups is 1. The van der Waals surface area contributed by atoms with Crippen LogP contribution < -0.4 is 5.32 Å². The summed E-state index contributed by atoms with van der Waals surface area (Å²) in [5.41, 5.74) is 4.52. The Kier molecular flexibility index (Phi) is 4.50. The third-order valence-corrected chi connectivity index (χ3v) is 4.91. The van der Waals surface area contributed by atoms with E-state index in [1.54, 1.807) is 4.90 Å². The highest BCUT2D eigenvalue weighted by atomic mass is 16.2. The highest BCUT2D eigenvalue weighted by molar-refractivity contribution is 5.92. The quantitative estimate of drug-likeness (QED) is 0.885. The standard InChI is InChI=1S/C21H23N3O.H2/c1-4-24-13-17-8-9-18(11-19(17)23-20(24)25)21(3,14-22)12-16-7-5-6-15(2)10-16;/h5-11H,4,12-13H2,1-3H3,(H,23,25);1H. The summed E-state index contributed by atoms with van der Waals surface area (Å²) in [5, 5.41) is 12.8. The monoisotopic (exact) mass is 335 g/mol. The van der Waals surface area contributed by atoms with E-state index in [9.17, 15) is 10.1 Å². The van der Waals surface area contributed by atoms with Crippen LogP contribution in [-0.4, -0.2) is 17.5 Å². The van der Waals surface area contributed by atoms with E-state index in [4.69, 9.17) is 0 Å². The lowest BCUT2D eigenvalue weighted by atomic mass is 9.78. The number of carbonyl (C=O) groups is 1. The van der Waals surface area contributed by atoms with Crippen molar-refractivity contribution in [2.24, 2.45) is 0 Å². The van der Waals surface area contributed by atoms with Crippen LogP contribution in [0, 0.1) is 18.3 Å². The fourth-order valence-electron chi connectivity index (χ4n) is 3.34. The highest BCUT2D eigenvalue weighted by Crippen LogP contribution is 2.33. The van der Waals surface area contributed by atoms with Crippen molar-refractivity contribution in [3.8, 4) is 6.07 Å². The molecular formula is C21H25N3O. The van der Waals surface area contributed by atoms with Crippen molar-refractivity contribution in [2.75, 3.05) is 11.9 Å². The summed E-state index contributed by atoms with van der Waals surface area (Å²) >= 11 is 0. The molecule has 4 nitrogen and oxygen atoms in total. The van der Waals surface area contributed by atoms with Gasteiger partial charge in [0.1, 0.15) is 0 Å². The van der Waals surface area contributed by atoms with Crippen LogP contribution in [0.2, 0.25) is 0 Å². The number of benzene rings is 2. The number of anilines is 1. The van der Waals surface area contributed by atoms with E-state index in [2.05, 4.69) is 36.5 Å². The first-order chi connectivity index (χ1) is 11.9. The van der Waals surface area contributed by atoms with Crippen molar-refractivity contribution in [1.29, 1.82) is 5.26 Å². The Bertz CT molecular complexity index is 859. The maximum Gasteiger partial charge on any atom is 0.322 e. The molecule has 1 aliphatic heterocycles. The summed E-state index contributed by atoms with van der Waals surface area (Å²) in [6.07, 6.45) is 0.638. The number of rotatable bonds is 4. The second-order valence-corrected chi connectivity index (χ2v) is 6.93. The smallest absolute Gasteiger partial charge is 0.320 e. The summed E-state index contributed by atoms with van der Waals surface area (Å²) in [5.74, 6) is 0. The summed E-state index contributed by atoms with van der Waals surface area (Å²) in [6.45, 7) is 7.27. The lowest BCUT2D eigenvalue weighted by Gasteiger charge is -2.30. The fourth-order valence-corrected chi connectivity index (χ4v) is 3.34. The zero-order valence-corrected chi connectivity index (χ0v) is 15.0. The second kappa shape index (κ2) is 6.60. The van der Waals surface area contributed by atoms with Crippen molar-refractivity contribution >= 4 is 11.7 Å². The number of nitrogens with one attached hydrogen (secondary N) is 1. The Morgan fingerprint density at radius 3 is 2.80 bits per heavy atom. The van der Waals surface area contributed by atoms with Gasteiger partial charge in [0, 0.05) is 20.2 Å². The van der Waals surface area contributed by atoms with E-state index in [1.807, 2.05) is 38.1 Å². The largest absolute Gasteiger partial charge is 0.322 e. The minimum Gasteiger partial charge on any atom is -0.320 e. The Hall–Kier alpha value is -2.80. The number of aryl methyl sites for hydroxylation is 1. The van der Waals surface area contributed by atoms with Gasteiger partial charge in [-0.25, -0.2) is 4.79 Å². The first-order valence-electron chi connectivity index (χ1n) is 8.61. The zero-order valence-electron chi connectivity index (χ0n) is 15.0. The first kappa shape index (κ1) is 17.0. The Morgan fingerprint density at radius 1 is 1.32 bits per heavy atom. The van der Waals surface area contributed by atoms with Gasteiger partial charge in [-0.3, -0.25) is 0 Å². The average molecular weight is 335 g/mol. The molecule has 0 aliphatic carbocycles. The summed E-state index contributed by atoms with van der Waals surface area (Å²) in [7, 11) is 0. The molecule has 130 valence electrons. The van der Waals surface area contributed by atoms with Gasteiger partial charge in [0.15, 0.2) is 0 Å². The number of fused-ring (bicyclic) bond motifs is 1. The minimum absolute atomic E-state index is 0. The molecule has 2 aromatic carbocycles. The molecule has 25 heavy (non-hydrogen) atoms. The van der Waals surface area contributed by atoms with Crippen molar-refractivity contribution in [3.63, 3.8) is 0 Å². The van der Waals surface area contributed by atoms with Crippen molar-refractivity contribution < 1.29 is 6.22 Å². The maximum atomic E-state index is 12.1. The Balaban J connectivity index is 0.00000243. The van der Waals surface area contributed by atoms with Crippen molar-refractivity contribution in [1.82, 2.24) is 4.90 Å². The molecule has 2 aromatic rings. The zero-order chi connectivity index (χ0) is 18.0. The summed E-state index contributed by atoms with van der Waals surface area (Å²) < 4.78 is 0. The number of carbonyl (C=O) groups excluding carboxylic acids is 1. The van der Waals surface area contributed by atoms with E-state index in [1.165, 1.54) is 5.56 Å².